The number of aromatic amines is 1. The Hall–Kier alpha value is -7.56. The monoisotopic (exact) mass is 989 g/mol. The molecule has 0 fully saturated rings. The van der Waals surface area contributed by atoms with Gasteiger partial charge in [-0.05, 0) is 69.2 Å². The Morgan fingerprint density at radius 2 is 1.24 bits per heavy atom. The van der Waals surface area contributed by atoms with Crippen molar-refractivity contribution in [1.82, 2.24) is 52.8 Å². The molecule has 2 aromatic carbocycles. The SMILES string of the molecule is CCCC[C@H](NC(C)=O)C(=O)N[C@@H](CCC(=O)NCC[C@H](NC=O)C(=O)N[C@@H](Cc1c[nH]c2ccccc12)C(N)=O)C(=O)N[C@@H](CCN)C(=O)N[C@H](Cc1ccccc1)C(=O)N[C@H](C)CCCNC(=N)N. The van der Waals surface area contributed by atoms with Crippen LogP contribution in [0.15, 0.2) is 60.8 Å². The number of benzene rings is 2. The van der Waals surface area contributed by atoms with Crippen LogP contribution in [0.4, 0.5) is 0 Å². The van der Waals surface area contributed by atoms with Crippen molar-refractivity contribution < 1.29 is 43.2 Å². The molecule has 0 saturated carbocycles. The molecule has 17 N–H and O–H groups in total. The fourth-order valence-electron chi connectivity index (χ4n) is 7.66. The standard InChI is InChI=1S/C48H72N14O9/c1-4-5-16-36(58-30(3)64)44(68)59-37(18-19-41(65)53-24-21-35(56-28-63)43(67)61-39(42(50)66)26-32-27-55-34-17-10-9-15-33(32)34)45(69)60-38(20-22-49)46(70)62-40(25-31-13-7-6-8-14-31)47(71)57-29(2)12-11-23-54-48(51)52/h6-10,13-15,17,27-29,35-40,55H,4-5,11-12,16,18-26,49H2,1-3H3,(H2,50,66)(H,53,65)(H,56,63)(H,57,71)(H,58,64)(H,59,68)(H,60,69)(H,61,67)(H,62,70)(H4,51,52,54)/t29-,35+,36+,37+,38+,39+,40-/m1/s1. The van der Waals surface area contributed by atoms with E-state index < -0.39 is 83.5 Å². The van der Waals surface area contributed by atoms with Crippen molar-refractivity contribution in [3.05, 3.63) is 71.9 Å². The molecule has 0 aliphatic rings. The van der Waals surface area contributed by atoms with Crippen LogP contribution in [0.3, 0.4) is 0 Å². The Balaban J connectivity index is 1.74. The van der Waals surface area contributed by atoms with Crippen LogP contribution in [0.25, 0.3) is 10.9 Å². The van der Waals surface area contributed by atoms with Crippen LogP contribution in [0, 0.1) is 5.41 Å². The van der Waals surface area contributed by atoms with E-state index >= 15 is 0 Å². The number of para-hydroxylation sites is 1. The molecule has 3 aromatic rings. The zero-order valence-corrected chi connectivity index (χ0v) is 40.7. The van der Waals surface area contributed by atoms with Gasteiger partial charge in [-0.2, -0.15) is 0 Å². The zero-order chi connectivity index (χ0) is 52.3. The van der Waals surface area contributed by atoms with Gasteiger partial charge in [-0.1, -0.05) is 68.3 Å². The highest BCUT2D eigenvalue weighted by atomic mass is 16.2. The second kappa shape index (κ2) is 30.8. The van der Waals surface area contributed by atoms with Crippen molar-refractivity contribution in [3.8, 4) is 0 Å². The molecular weight excluding hydrogens is 917 g/mol. The van der Waals surface area contributed by atoms with Gasteiger partial charge in [0.15, 0.2) is 5.96 Å². The number of rotatable bonds is 33. The van der Waals surface area contributed by atoms with Crippen LogP contribution in [-0.2, 0) is 56.0 Å². The molecule has 9 amide bonds. The van der Waals surface area contributed by atoms with Gasteiger partial charge in [0, 0.05) is 62.4 Å². The minimum absolute atomic E-state index is 0.0639. The summed E-state index contributed by atoms with van der Waals surface area (Å²) in [6, 6.07) is 8.93. The van der Waals surface area contributed by atoms with E-state index in [0.29, 0.717) is 38.6 Å². The maximum atomic E-state index is 14.1. The summed E-state index contributed by atoms with van der Waals surface area (Å²) < 4.78 is 0. The first-order chi connectivity index (χ1) is 33.9. The number of nitrogens with one attached hydrogen (secondary N) is 11. The molecule has 0 bridgehead atoms. The highest BCUT2D eigenvalue weighted by molar-refractivity contribution is 5.96. The minimum atomic E-state index is -1.42. The van der Waals surface area contributed by atoms with Crippen molar-refractivity contribution in [2.75, 3.05) is 19.6 Å². The van der Waals surface area contributed by atoms with Crippen molar-refractivity contribution >= 4 is 70.5 Å². The zero-order valence-electron chi connectivity index (χ0n) is 40.7. The smallest absolute Gasteiger partial charge is 0.243 e. The number of unbranched alkanes of at least 4 members (excludes halogenated alkanes) is 1. The van der Waals surface area contributed by atoms with Crippen LogP contribution in [0.1, 0.15) is 89.7 Å². The number of nitrogens with two attached hydrogens (primary N) is 3. The molecule has 7 atom stereocenters. The molecular formula is C48H72N14O9. The lowest BCUT2D eigenvalue weighted by Gasteiger charge is -2.27. The lowest BCUT2D eigenvalue weighted by Crippen LogP contribution is -2.59. The lowest BCUT2D eigenvalue weighted by molar-refractivity contribution is -0.135. The van der Waals surface area contributed by atoms with E-state index in [0.717, 1.165) is 22.0 Å². The Bertz CT molecular complexity index is 2260. The summed E-state index contributed by atoms with van der Waals surface area (Å²) in [4.78, 5) is 121. The predicted octanol–water partition coefficient (Wildman–Crippen LogP) is -1.41. The van der Waals surface area contributed by atoms with E-state index in [9.17, 15) is 43.2 Å². The maximum absolute atomic E-state index is 14.1. The van der Waals surface area contributed by atoms with Crippen LogP contribution in [0.5, 0.6) is 0 Å². The van der Waals surface area contributed by atoms with Gasteiger partial charge in [0.05, 0.1) is 0 Å². The molecule has 0 unspecified atom stereocenters. The van der Waals surface area contributed by atoms with E-state index in [1.54, 1.807) is 37.4 Å². The van der Waals surface area contributed by atoms with Gasteiger partial charge in [-0.25, -0.2) is 0 Å². The van der Waals surface area contributed by atoms with Crippen molar-refractivity contribution in [1.29, 1.82) is 5.41 Å². The number of hydrogen-bond acceptors (Lipinski definition) is 11. The molecule has 23 nitrogen and oxygen atoms in total. The fraction of sp³-hybridized carbons (Fsp3) is 0.500. The summed E-state index contributed by atoms with van der Waals surface area (Å²) in [7, 11) is 0. The maximum Gasteiger partial charge on any atom is 0.243 e. The number of carbonyl (C=O) groups excluding carboxylic acids is 9. The average molecular weight is 989 g/mol. The van der Waals surface area contributed by atoms with E-state index in [-0.39, 0.29) is 70.0 Å². The Kier molecular flexibility index (Phi) is 25.1. The molecule has 388 valence electrons. The van der Waals surface area contributed by atoms with Gasteiger partial charge in [0.2, 0.25) is 53.7 Å². The summed E-state index contributed by atoms with van der Waals surface area (Å²) in [6.07, 6.45) is 4.02. The molecule has 23 heteroatoms. The van der Waals surface area contributed by atoms with Crippen LogP contribution < -0.4 is 65.1 Å². The molecule has 0 spiro atoms. The molecule has 1 heterocycles. The first kappa shape index (κ1) is 57.8. The first-order valence-electron chi connectivity index (χ1n) is 23.9. The number of carbonyl (C=O) groups is 9. The molecule has 1 aromatic heterocycles. The van der Waals surface area contributed by atoms with Crippen LogP contribution >= 0.6 is 0 Å². The highest BCUT2D eigenvalue weighted by Crippen LogP contribution is 2.19. The number of aromatic nitrogens is 1. The van der Waals surface area contributed by atoms with E-state index in [4.69, 9.17) is 22.6 Å². The molecule has 71 heavy (non-hydrogen) atoms. The largest absolute Gasteiger partial charge is 0.370 e. The second-order valence-electron chi connectivity index (χ2n) is 17.3. The van der Waals surface area contributed by atoms with E-state index in [1.807, 2.05) is 37.3 Å². The number of hydrogen-bond donors (Lipinski definition) is 14. The quantitative estimate of drug-likeness (QED) is 0.0145. The lowest BCUT2D eigenvalue weighted by atomic mass is 10.0. The van der Waals surface area contributed by atoms with Crippen LogP contribution in [-0.4, -0.2) is 127 Å². The number of guanidine groups is 1. The second-order valence-corrected chi connectivity index (χ2v) is 17.3. The average Bonchev–Trinajstić information content (AvgIpc) is 3.74. The van der Waals surface area contributed by atoms with Gasteiger partial charge in [0.25, 0.3) is 0 Å². The fourth-order valence-corrected chi connectivity index (χ4v) is 7.66. The van der Waals surface area contributed by atoms with E-state index in [2.05, 4.69) is 52.8 Å². The minimum Gasteiger partial charge on any atom is -0.370 e. The van der Waals surface area contributed by atoms with Crippen molar-refractivity contribution in [2.45, 2.75) is 134 Å². The Labute approximate surface area is 413 Å². The molecule has 0 aliphatic heterocycles. The Morgan fingerprint density at radius 3 is 1.86 bits per heavy atom. The van der Waals surface area contributed by atoms with Crippen LogP contribution in [0.2, 0.25) is 0 Å². The third-order valence-electron chi connectivity index (χ3n) is 11.5. The third-order valence-corrected chi connectivity index (χ3v) is 11.5. The van der Waals surface area contributed by atoms with Gasteiger partial charge in [-0.15, -0.1) is 0 Å². The number of fused-ring (bicyclic) bond motifs is 1. The molecule has 3 rings (SSSR count). The van der Waals surface area contributed by atoms with Crippen molar-refractivity contribution in [2.24, 2.45) is 17.2 Å². The normalized spacial score (nSPS) is 13.9. The summed E-state index contributed by atoms with van der Waals surface area (Å²) in [5.74, 6) is -5.54. The molecule has 0 saturated heterocycles. The summed E-state index contributed by atoms with van der Waals surface area (Å²) in [5, 5.41) is 32.1. The van der Waals surface area contributed by atoms with Gasteiger partial charge >= 0.3 is 0 Å². The first-order valence-corrected chi connectivity index (χ1v) is 23.9. The number of H-pyrrole nitrogens is 1. The number of amides is 9. The van der Waals surface area contributed by atoms with E-state index in [1.165, 1.54) is 6.92 Å². The van der Waals surface area contributed by atoms with Gasteiger partial charge in [-0.3, -0.25) is 48.6 Å². The third kappa shape index (κ3) is 20.9. The molecule has 0 aliphatic carbocycles. The Morgan fingerprint density at radius 1 is 0.648 bits per heavy atom. The van der Waals surface area contributed by atoms with Gasteiger partial charge < -0.3 is 70.0 Å². The highest BCUT2D eigenvalue weighted by Gasteiger charge is 2.32. The summed E-state index contributed by atoms with van der Waals surface area (Å²) in [6.45, 7) is 5.17. The topological polar surface area (TPSA) is 380 Å². The summed E-state index contributed by atoms with van der Waals surface area (Å²) in [5.41, 5.74) is 19.2. The van der Waals surface area contributed by atoms with Gasteiger partial charge in [0.1, 0.15) is 36.3 Å². The van der Waals surface area contributed by atoms with Crippen molar-refractivity contribution in [3.63, 3.8) is 0 Å². The number of primary amides is 1. The molecule has 0 radical (unpaired) electrons. The predicted molar refractivity (Wildman–Crippen MR) is 266 cm³/mol. The summed E-state index contributed by atoms with van der Waals surface area (Å²) >= 11 is 0.